The summed E-state index contributed by atoms with van der Waals surface area (Å²) in [6, 6.07) is 3.87. The van der Waals surface area contributed by atoms with Crippen LogP contribution in [0.2, 0.25) is 5.02 Å². The van der Waals surface area contributed by atoms with Crippen molar-refractivity contribution in [2.24, 2.45) is 11.8 Å². The third kappa shape index (κ3) is 4.11. The highest BCUT2D eigenvalue weighted by molar-refractivity contribution is 6.30. The monoisotopic (exact) mass is 383 g/mol. The standard InChI is InChI=1S/C19H22ClN7/c20-16-11-22-19(23-12-16)27-7-3-15(4-8-27)14-1-5-26(6-2-14)18-9-17(10-21)24-13-25-18/h9,11-15H,1-8H2. The summed E-state index contributed by atoms with van der Waals surface area (Å²) in [5, 5.41) is 9.59. The van der Waals surface area contributed by atoms with Gasteiger partial charge in [-0.1, -0.05) is 11.6 Å². The highest BCUT2D eigenvalue weighted by Crippen LogP contribution is 2.34. The number of hydrogen-bond acceptors (Lipinski definition) is 7. The van der Waals surface area contributed by atoms with E-state index in [-0.39, 0.29) is 0 Å². The van der Waals surface area contributed by atoms with Crippen molar-refractivity contribution < 1.29 is 0 Å². The van der Waals surface area contributed by atoms with Crippen LogP contribution in [0.25, 0.3) is 0 Å². The summed E-state index contributed by atoms with van der Waals surface area (Å²) < 4.78 is 0. The molecule has 4 heterocycles. The topological polar surface area (TPSA) is 81.8 Å². The van der Waals surface area contributed by atoms with Crippen LogP contribution < -0.4 is 9.80 Å². The minimum absolute atomic E-state index is 0.430. The number of hydrogen-bond donors (Lipinski definition) is 0. The Morgan fingerprint density at radius 3 is 2.07 bits per heavy atom. The van der Waals surface area contributed by atoms with Crippen molar-refractivity contribution in [1.82, 2.24) is 19.9 Å². The average molecular weight is 384 g/mol. The van der Waals surface area contributed by atoms with Crippen molar-refractivity contribution >= 4 is 23.4 Å². The first-order valence-corrected chi connectivity index (χ1v) is 9.80. The minimum Gasteiger partial charge on any atom is -0.356 e. The predicted octanol–water partition coefficient (Wildman–Crippen LogP) is 2.92. The molecule has 0 bridgehead atoms. The van der Waals surface area contributed by atoms with Gasteiger partial charge in [-0.25, -0.2) is 19.9 Å². The Labute approximate surface area is 164 Å². The van der Waals surface area contributed by atoms with Gasteiger partial charge in [0.1, 0.15) is 23.9 Å². The number of nitriles is 1. The van der Waals surface area contributed by atoms with E-state index in [1.807, 2.05) is 0 Å². The molecule has 2 saturated heterocycles. The first kappa shape index (κ1) is 17.9. The molecule has 0 amide bonds. The van der Waals surface area contributed by atoms with Crippen LogP contribution in [0.15, 0.2) is 24.8 Å². The summed E-state index contributed by atoms with van der Waals surface area (Å²) in [7, 11) is 0. The molecule has 0 aliphatic carbocycles. The molecule has 0 atom stereocenters. The molecular weight excluding hydrogens is 362 g/mol. The van der Waals surface area contributed by atoms with Gasteiger partial charge in [-0.3, -0.25) is 0 Å². The van der Waals surface area contributed by atoms with E-state index in [4.69, 9.17) is 16.9 Å². The lowest BCUT2D eigenvalue weighted by Gasteiger charge is -2.40. The van der Waals surface area contributed by atoms with Crippen LogP contribution in [0.1, 0.15) is 31.4 Å². The van der Waals surface area contributed by atoms with Gasteiger partial charge >= 0.3 is 0 Å². The quantitative estimate of drug-likeness (QED) is 0.805. The van der Waals surface area contributed by atoms with Gasteiger partial charge in [0.25, 0.3) is 0 Å². The van der Waals surface area contributed by atoms with Crippen molar-refractivity contribution in [3.8, 4) is 6.07 Å². The van der Waals surface area contributed by atoms with E-state index >= 15 is 0 Å². The lowest BCUT2D eigenvalue weighted by Crippen LogP contribution is -2.41. The van der Waals surface area contributed by atoms with E-state index in [0.717, 1.165) is 49.8 Å². The van der Waals surface area contributed by atoms with E-state index < -0.39 is 0 Å². The normalized spacial score (nSPS) is 19.1. The molecule has 2 aromatic heterocycles. The molecule has 2 aliphatic rings. The Balaban J connectivity index is 1.29. The van der Waals surface area contributed by atoms with E-state index in [0.29, 0.717) is 10.7 Å². The summed E-state index contributed by atoms with van der Waals surface area (Å²) in [4.78, 5) is 21.5. The zero-order chi connectivity index (χ0) is 18.6. The first-order chi connectivity index (χ1) is 13.2. The van der Waals surface area contributed by atoms with E-state index in [9.17, 15) is 0 Å². The average Bonchev–Trinajstić information content (AvgIpc) is 2.75. The zero-order valence-corrected chi connectivity index (χ0v) is 15.9. The second-order valence-corrected chi connectivity index (χ2v) is 7.66. The Kier molecular flexibility index (Phi) is 5.35. The van der Waals surface area contributed by atoms with E-state index in [1.165, 1.54) is 32.0 Å². The molecule has 2 aromatic rings. The Morgan fingerprint density at radius 2 is 1.48 bits per heavy atom. The lowest BCUT2D eigenvalue weighted by molar-refractivity contribution is 0.232. The predicted molar refractivity (Wildman–Crippen MR) is 104 cm³/mol. The van der Waals surface area contributed by atoms with Crippen LogP contribution in [0.3, 0.4) is 0 Å². The lowest BCUT2D eigenvalue weighted by atomic mass is 9.79. The van der Waals surface area contributed by atoms with Gasteiger partial charge in [0.2, 0.25) is 5.95 Å². The maximum atomic E-state index is 9.01. The largest absolute Gasteiger partial charge is 0.356 e. The molecule has 0 aromatic carbocycles. The molecule has 4 rings (SSSR count). The van der Waals surface area contributed by atoms with E-state index in [1.54, 1.807) is 18.5 Å². The van der Waals surface area contributed by atoms with Crippen LogP contribution in [0, 0.1) is 23.2 Å². The smallest absolute Gasteiger partial charge is 0.225 e. The number of anilines is 2. The van der Waals surface area contributed by atoms with Gasteiger partial charge in [-0.2, -0.15) is 5.26 Å². The molecule has 8 heteroatoms. The zero-order valence-electron chi connectivity index (χ0n) is 15.1. The minimum atomic E-state index is 0.430. The molecule has 2 aliphatic heterocycles. The van der Waals surface area contributed by atoms with Gasteiger partial charge in [0.15, 0.2) is 0 Å². The number of halogens is 1. The molecule has 0 spiro atoms. The fourth-order valence-corrected chi connectivity index (χ4v) is 4.32. The highest BCUT2D eigenvalue weighted by Gasteiger charge is 2.30. The maximum Gasteiger partial charge on any atom is 0.225 e. The Morgan fingerprint density at radius 1 is 0.889 bits per heavy atom. The molecule has 140 valence electrons. The Hall–Kier alpha value is -2.46. The fourth-order valence-electron chi connectivity index (χ4n) is 4.22. The highest BCUT2D eigenvalue weighted by atomic mass is 35.5. The van der Waals surface area contributed by atoms with Crippen molar-refractivity contribution in [3.05, 3.63) is 35.5 Å². The van der Waals surface area contributed by atoms with Crippen molar-refractivity contribution in [1.29, 1.82) is 5.26 Å². The number of aromatic nitrogens is 4. The molecule has 0 unspecified atom stereocenters. The van der Waals surface area contributed by atoms with Crippen LogP contribution in [-0.2, 0) is 0 Å². The maximum absolute atomic E-state index is 9.01. The van der Waals surface area contributed by atoms with Crippen LogP contribution in [-0.4, -0.2) is 46.1 Å². The van der Waals surface area contributed by atoms with Crippen molar-refractivity contribution in [2.45, 2.75) is 25.7 Å². The van der Waals surface area contributed by atoms with Crippen LogP contribution >= 0.6 is 11.6 Å². The molecule has 0 N–H and O–H groups in total. The molecular formula is C19H22ClN7. The van der Waals surface area contributed by atoms with E-state index in [2.05, 4.69) is 35.8 Å². The summed E-state index contributed by atoms with van der Waals surface area (Å²) in [6.07, 6.45) is 9.52. The second-order valence-electron chi connectivity index (χ2n) is 7.22. The number of rotatable bonds is 3. The van der Waals surface area contributed by atoms with Gasteiger partial charge < -0.3 is 9.80 Å². The first-order valence-electron chi connectivity index (χ1n) is 9.42. The summed E-state index contributed by atoms with van der Waals surface area (Å²) in [5.74, 6) is 3.17. The summed E-state index contributed by atoms with van der Waals surface area (Å²) in [6.45, 7) is 3.99. The number of piperidine rings is 2. The second kappa shape index (κ2) is 8.05. The molecule has 0 radical (unpaired) electrons. The molecule has 2 fully saturated rings. The summed E-state index contributed by atoms with van der Waals surface area (Å²) >= 11 is 5.88. The summed E-state index contributed by atoms with van der Waals surface area (Å²) in [5.41, 5.74) is 0.430. The van der Waals surface area contributed by atoms with Gasteiger partial charge in [0.05, 0.1) is 17.4 Å². The van der Waals surface area contributed by atoms with Gasteiger partial charge in [-0.05, 0) is 37.5 Å². The van der Waals surface area contributed by atoms with Crippen LogP contribution in [0.4, 0.5) is 11.8 Å². The SMILES string of the molecule is N#Cc1cc(N2CCC(C3CCN(c4ncc(Cl)cn4)CC3)CC2)ncn1. The molecule has 7 nitrogen and oxygen atoms in total. The van der Waals surface area contributed by atoms with Gasteiger partial charge in [0, 0.05) is 32.2 Å². The molecule has 0 saturated carbocycles. The van der Waals surface area contributed by atoms with Crippen molar-refractivity contribution in [2.75, 3.05) is 36.0 Å². The third-order valence-electron chi connectivity index (χ3n) is 5.73. The Bertz CT molecular complexity index is 804. The molecule has 27 heavy (non-hydrogen) atoms. The van der Waals surface area contributed by atoms with Gasteiger partial charge in [-0.15, -0.1) is 0 Å². The number of nitrogens with zero attached hydrogens (tertiary/aromatic N) is 7. The van der Waals surface area contributed by atoms with Crippen molar-refractivity contribution in [3.63, 3.8) is 0 Å². The third-order valence-corrected chi connectivity index (χ3v) is 5.92. The fraction of sp³-hybridized carbons (Fsp3) is 0.526. The van der Waals surface area contributed by atoms with Crippen LogP contribution in [0.5, 0.6) is 0 Å².